The highest BCUT2D eigenvalue weighted by Crippen LogP contribution is 2.27. The van der Waals surface area contributed by atoms with Crippen molar-refractivity contribution in [3.8, 4) is 11.1 Å². The lowest BCUT2D eigenvalue weighted by Crippen LogP contribution is -2.32. The highest BCUT2D eigenvalue weighted by Gasteiger charge is 2.18. The summed E-state index contributed by atoms with van der Waals surface area (Å²) >= 11 is 0. The zero-order chi connectivity index (χ0) is 17.8. The average molecular weight is 336 g/mol. The van der Waals surface area contributed by atoms with Gasteiger partial charge in [0.1, 0.15) is 0 Å². The Hall–Kier alpha value is -2.13. The zero-order valence-electron chi connectivity index (χ0n) is 15.5. The molecular weight excluding hydrogens is 308 g/mol. The van der Waals surface area contributed by atoms with Crippen molar-refractivity contribution in [3.63, 3.8) is 0 Å². The normalized spacial score (nSPS) is 16.4. The van der Waals surface area contributed by atoms with Gasteiger partial charge in [0.2, 0.25) is 0 Å². The van der Waals surface area contributed by atoms with Crippen LogP contribution in [0.3, 0.4) is 0 Å². The molecule has 0 unspecified atom stereocenters. The van der Waals surface area contributed by atoms with E-state index in [2.05, 4.69) is 42.2 Å². The fourth-order valence-electron chi connectivity index (χ4n) is 3.56. The summed E-state index contributed by atoms with van der Waals surface area (Å²) in [4.78, 5) is 16.4. The SMILES string of the molecule is C[C@H](c1ccc(-c2cccc(C(=O)N(C)C)c2)cc1)N1CCCCC1. The molecule has 25 heavy (non-hydrogen) atoms. The molecule has 0 saturated carbocycles. The van der Waals surface area contributed by atoms with Crippen LogP contribution in [0.25, 0.3) is 11.1 Å². The van der Waals surface area contributed by atoms with Gasteiger partial charge in [0, 0.05) is 25.7 Å². The van der Waals surface area contributed by atoms with Crippen LogP contribution in [-0.4, -0.2) is 42.9 Å². The van der Waals surface area contributed by atoms with Gasteiger partial charge in [-0.15, -0.1) is 0 Å². The minimum absolute atomic E-state index is 0.0391. The van der Waals surface area contributed by atoms with Gasteiger partial charge in [-0.25, -0.2) is 0 Å². The van der Waals surface area contributed by atoms with Gasteiger partial charge >= 0.3 is 0 Å². The Kier molecular flexibility index (Phi) is 5.54. The smallest absolute Gasteiger partial charge is 0.253 e. The van der Waals surface area contributed by atoms with Crippen LogP contribution in [0.1, 0.15) is 48.1 Å². The van der Waals surface area contributed by atoms with Gasteiger partial charge in [0.15, 0.2) is 0 Å². The second-order valence-electron chi connectivity index (χ2n) is 7.17. The Morgan fingerprint density at radius 1 is 0.960 bits per heavy atom. The minimum Gasteiger partial charge on any atom is -0.345 e. The topological polar surface area (TPSA) is 23.6 Å². The molecule has 3 nitrogen and oxygen atoms in total. The van der Waals surface area contributed by atoms with Gasteiger partial charge in [-0.05, 0) is 61.7 Å². The molecule has 3 rings (SSSR count). The van der Waals surface area contributed by atoms with Crippen molar-refractivity contribution in [2.75, 3.05) is 27.2 Å². The highest BCUT2D eigenvalue weighted by atomic mass is 16.2. The molecule has 1 heterocycles. The van der Waals surface area contributed by atoms with Crippen molar-refractivity contribution in [2.24, 2.45) is 0 Å². The third kappa shape index (κ3) is 4.10. The maximum Gasteiger partial charge on any atom is 0.253 e. The monoisotopic (exact) mass is 336 g/mol. The summed E-state index contributed by atoms with van der Waals surface area (Å²) in [6.07, 6.45) is 3.99. The predicted octanol–water partition coefficient (Wildman–Crippen LogP) is 4.60. The molecule has 1 amide bonds. The number of carbonyl (C=O) groups is 1. The molecule has 1 fully saturated rings. The molecule has 0 aromatic heterocycles. The van der Waals surface area contributed by atoms with E-state index in [9.17, 15) is 4.79 Å². The predicted molar refractivity (Wildman–Crippen MR) is 104 cm³/mol. The number of piperidine rings is 1. The summed E-state index contributed by atoms with van der Waals surface area (Å²) in [5.41, 5.74) is 4.34. The third-order valence-electron chi connectivity index (χ3n) is 5.18. The van der Waals surface area contributed by atoms with Crippen LogP contribution >= 0.6 is 0 Å². The van der Waals surface area contributed by atoms with Crippen molar-refractivity contribution in [3.05, 3.63) is 59.7 Å². The number of hydrogen-bond acceptors (Lipinski definition) is 2. The lowest BCUT2D eigenvalue weighted by Gasteiger charge is -2.32. The first-order valence-electron chi connectivity index (χ1n) is 9.22. The van der Waals surface area contributed by atoms with Gasteiger partial charge in [-0.1, -0.05) is 42.8 Å². The standard InChI is InChI=1S/C22H28N2O/c1-17(24-14-5-4-6-15-24)18-10-12-19(13-11-18)20-8-7-9-21(16-20)22(25)23(2)3/h7-13,16-17H,4-6,14-15H2,1-3H3/t17-/m1/s1. The zero-order valence-corrected chi connectivity index (χ0v) is 15.5. The largest absolute Gasteiger partial charge is 0.345 e. The quantitative estimate of drug-likeness (QED) is 0.814. The summed E-state index contributed by atoms with van der Waals surface area (Å²) in [5, 5.41) is 0. The molecule has 1 aliphatic rings. The summed E-state index contributed by atoms with van der Waals surface area (Å²) in [6, 6.07) is 17.2. The number of nitrogens with zero attached hydrogens (tertiary/aromatic N) is 2. The van der Waals surface area contributed by atoms with E-state index in [1.54, 1.807) is 19.0 Å². The molecule has 1 saturated heterocycles. The van der Waals surface area contributed by atoms with Crippen LogP contribution in [0.4, 0.5) is 0 Å². The Balaban J connectivity index is 1.78. The van der Waals surface area contributed by atoms with E-state index in [-0.39, 0.29) is 5.91 Å². The molecular formula is C22H28N2O. The molecule has 132 valence electrons. The summed E-state index contributed by atoms with van der Waals surface area (Å²) in [6.45, 7) is 4.71. The first-order valence-corrected chi connectivity index (χ1v) is 9.22. The molecule has 0 bridgehead atoms. The second kappa shape index (κ2) is 7.83. The van der Waals surface area contributed by atoms with Crippen molar-refractivity contribution in [1.82, 2.24) is 9.80 Å². The fourth-order valence-corrected chi connectivity index (χ4v) is 3.56. The Morgan fingerprint density at radius 3 is 2.28 bits per heavy atom. The van der Waals surface area contributed by atoms with E-state index in [0.29, 0.717) is 6.04 Å². The van der Waals surface area contributed by atoms with Gasteiger partial charge in [-0.2, -0.15) is 0 Å². The first kappa shape index (κ1) is 17.7. The molecule has 2 aromatic rings. The number of rotatable bonds is 4. The second-order valence-corrected chi connectivity index (χ2v) is 7.17. The van der Waals surface area contributed by atoms with Gasteiger partial charge in [0.25, 0.3) is 5.91 Å². The molecule has 0 radical (unpaired) electrons. The van der Waals surface area contributed by atoms with E-state index in [4.69, 9.17) is 0 Å². The van der Waals surface area contributed by atoms with Gasteiger partial charge < -0.3 is 4.90 Å². The van der Waals surface area contributed by atoms with E-state index < -0.39 is 0 Å². The Morgan fingerprint density at radius 2 is 1.64 bits per heavy atom. The molecule has 2 aromatic carbocycles. The average Bonchev–Trinajstić information content (AvgIpc) is 2.67. The molecule has 1 aliphatic heterocycles. The maximum absolute atomic E-state index is 12.2. The van der Waals surface area contributed by atoms with Gasteiger partial charge in [-0.3, -0.25) is 9.69 Å². The van der Waals surface area contributed by atoms with Crippen LogP contribution in [0.2, 0.25) is 0 Å². The summed E-state index contributed by atoms with van der Waals surface area (Å²) in [7, 11) is 3.57. The molecule has 1 atom stereocenters. The number of amides is 1. The maximum atomic E-state index is 12.2. The van der Waals surface area contributed by atoms with Crippen molar-refractivity contribution >= 4 is 5.91 Å². The van der Waals surface area contributed by atoms with Crippen LogP contribution in [-0.2, 0) is 0 Å². The van der Waals surface area contributed by atoms with Crippen LogP contribution in [0.15, 0.2) is 48.5 Å². The number of benzene rings is 2. The summed E-state index contributed by atoms with van der Waals surface area (Å²) in [5.74, 6) is 0.0391. The Bertz CT molecular complexity index is 715. The Labute approximate surface area is 151 Å². The highest BCUT2D eigenvalue weighted by molar-refractivity contribution is 5.95. The van der Waals surface area contributed by atoms with Crippen molar-refractivity contribution in [2.45, 2.75) is 32.2 Å². The van der Waals surface area contributed by atoms with E-state index in [1.807, 2.05) is 18.2 Å². The molecule has 0 N–H and O–H groups in total. The number of carbonyl (C=O) groups excluding carboxylic acids is 1. The lowest BCUT2D eigenvalue weighted by atomic mass is 9.98. The third-order valence-corrected chi connectivity index (χ3v) is 5.18. The lowest BCUT2D eigenvalue weighted by molar-refractivity contribution is 0.0827. The van der Waals surface area contributed by atoms with Crippen LogP contribution in [0.5, 0.6) is 0 Å². The molecule has 0 spiro atoms. The van der Waals surface area contributed by atoms with Gasteiger partial charge in [0.05, 0.1) is 0 Å². The summed E-state index contributed by atoms with van der Waals surface area (Å²) < 4.78 is 0. The number of hydrogen-bond donors (Lipinski definition) is 0. The number of likely N-dealkylation sites (tertiary alicyclic amines) is 1. The first-order chi connectivity index (χ1) is 12.1. The van der Waals surface area contributed by atoms with Crippen molar-refractivity contribution < 1.29 is 4.79 Å². The molecule has 3 heteroatoms. The minimum atomic E-state index is 0.0391. The van der Waals surface area contributed by atoms with E-state index >= 15 is 0 Å². The van der Waals surface area contributed by atoms with E-state index in [1.165, 1.54) is 37.9 Å². The molecule has 0 aliphatic carbocycles. The van der Waals surface area contributed by atoms with Crippen LogP contribution in [0, 0.1) is 0 Å². The van der Waals surface area contributed by atoms with Crippen molar-refractivity contribution in [1.29, 1.82) is 0 Å². The van der Waals surface area contributed by atoms with E-state index in [0.717, 1.165) is 16.7 Å². The fraction of sp³-hybridized carbons (Fsp3) is 0.409. The van der Waals surface area contributed by atoms with Crippen LogP contribution < -0.4 is 0 Å².